The second-order valence-corrected chi connectivity index (χ2v) is 3.04. The third-order valence-electron chi connectivity index (χ3n) is 1.96. The monoisotopic (exact) mass is 252 g/mol. The first-order valence-electron chi connectivity index (χ1n) is 4.34. The van der Waals surface area contributed by atoms with Crippen molar-refractivity contribution in [2.75, 3.05) is 7.11 Å². The van der Waals surface area contributed by atoms with E-state index in [0.717, 1.165) is 7.11 Å². The molecule has 1 rings (SSSR count). The van der Waals surface area contributed by atoms with Crippen LogP contribution in [0.5, 0.6) is 0 Å². The summed E-state index contributed by atoms with van der Waals surface area (Å²) in [5.41, 5.74) is -0.856. The second-order valence-electron chi connectivity index (χ2n) is 3.04. The number of rotatable bonds is 3. The predicted octanol–water partition coefficient (Wildman–Crippen LogP) is 2.32. The molecule has 0 spiro atoms. The molecule has 0 fully saturated rings. The summed E-state index contributed by atoms with van der Waals surface area (Å²) in [5.74, 6) is -8.18. The standard InChI is InChI=1S/C10H8F4O3/c1-17-7(16)3-6(15)4-2-5(11)9(13)10(14)8(4)12/h2-3,6,15-16H,1H3/b7-3+. The van der Waals surface area contributed by atoms with Crippen LogP contribution in [0.3, 0.4) is 0 Å². The maximum Gasteiger partial charge on any atom is 0.275 e. The molecule has 1 aromatic carbocycles. The minimum atomic E-state index is -2.04. The lowest BCUT2D eigenvalue weighted by molar-refractivity contribution is 0.121. The number of benzene rings is 1. The van der Waals surface area contributed by atoms with Crippen LogP contribution in [0.4, 0.5) is 17.6 Å². The summed E-state index contributed by atoms with van der Waals surface area (Å²) in [6.07, 6.45) is -1.28. The maximum atomic E-state index is 13.2. The molecule has 1 atom stereocenters. The molecule has 2 N–H and O–H groups in total. The highest BCUT2D eigenvalue weighted by molar-refractivity contribution is 5.26. The molecule has 17 heavy (non-hydrogen) atoms. The zero-order chi connectivity index (χ0) is 13.2. The van der Waals surface area contributed by atoms with Crippen molar-refractivity contribution in [1.82, 2.24) is 0 Å². The van der Waals surface area contributed by atoms with Gasteiger partial charge in [0.1, 0.15) is 6.10 Å². The van der Waals surface area contributed by atoms with Gasteiger partial charge in [-0.05, 0) is 6.07 Å². The fourth-order valence-corrected chi connectivity index (χ4v) is 1.10. The summed E-state index contributed by atoms with van der Waals surface area (Å²) in [4.78, 5) is 0. The van der Waals surface area contributed by atoms with Gasteiger partial charge in [-0.1, -0.05) is 0 Å². The molecule has 0 aliphatic heterocycles. The molecule has 0 amide bonds. The van der Waals surface area contributed by atoms with Crippen LogP contribution in [0.2, 0.25) is 0 Å². The fraction of sp³-hybridized carbons (Fsp3) is 0.200. The molecular weight excluding hydrogens is 244 g/mol. The Bertz CT molecular complexity index is 459. The van der Waals surface area contributed by atoms with Crippen molar-refractivity contribution >= 4 is 0 Å². The number of aliphatic hydroxyl groups excluding tert-OH is 2. The van der Waals surface area contributed by atoms with E-state index in [1.54, 1.807) is 0 Å². The van der Waals surface area contributed by atoms with Crippen LogP contribution < -0.4 is 0 Å². The molecule has 0 aromatic heterocycles. The summed E-state index contributed by atoms with van der Waals surface area (Å²) in [7, 11) is 1.06. The van der Waals surface area contributed by atoms with Crippen molar-refractivity contribution in [3.8, 4) is 0 Å². The van der Waals surface area contributed by atoms with Crippen LogP contribution in [0, 0.1) is 23.3 Å². The second kappa shape index (κ2) is 5.05. The number of methoxy groups -OCH3 is 1. The van der Waals surface area contributed by atoms with Gasteiger partial charge in [0.25, 0.3) is 5.95 Å². The van der Waals surface area contributed by atoms with E-state index in [0.29, 0.717) is 6.08 Å². The Hall–Kier alpha value is -1.76. The quantitative estimate of drug-likeness (QED) is 0.375. The molecule has 0 radical (unpaired) electrons. The number of halogens is 4. The van der Waals surface area contributed by atoms with Crippen LogP contribution >= 0.6 is 0 Å². The Morgan fingerprint density at radius 1 is 1.24 bits per heavy atom. The Morgan fingerprint density at radius 2 is 1.82 bits per heavy atom. The van der Waals surface area contributed by atoms with E-state index in [1.807, 2.05) is 0 Å². The molecule has 3 nitrogen and oxygen atoms in total. The van der Waals surface area contributed by atoms with E-state index < -0.39 is 40.9 Å². The minimum absolute atomic E-state index is 0.290. The van der Waals surface area contributed by atoms with Crippen molar-refractivity contribution in [3.63, 3.8) is 0 Å². The normalized spacial score (nSPS) is 13.6. The molecule has 94 valence electrons. The van der Waals surface area contributed by atoms with Crippen LogP contribution in [-0.4, -0.2) is 17.3 Å². The van der Waals surface area contributed by atoms with Gasteiger partial charge < -0.3 is 14.9 Å². The Balaban J connectivity index is 3.24. The highest BCUT2D eigenvalue weighted by Crippen LogP contribution is 2.25. The molecule has 0 saturated carbocycles. The molecule has 0 saturated heterocycles. The molecule has 0 heterocycles. The zero-order valence-electron chi connectivity index (χ0n) is 8.55. The van der Waals surface area contributed by atoms with Gasteiger partial charge in [0, 0.05) is 11.6 Å². The average molecular weight is 252 g/mol. The third kappa shape index (κ3) is 2.68. The Kier molecular flexibility index (Phi) is 3.95. The van der Waals surface area contributed by atoms with Crippen molar-refractivity contribution in [2.24, 2.45) is 0 Å². The van der Waals surface area contributed by atoms with Crippen molar-refractivity contribution in [1.29, 1.82) is 0 Å². The number of ether oxygens (including phenoxy) is 1. The summed E-state index contributed by atoms with van der Waals surface area (Å²) >= 11 is 0. The summed E-state index contributed by atoms with van der Waals surface area (Å²) in [5, 5.41) is 18.2. The largest absolute Gasteiger partial charge is 0.481 e. The third-order valence-corrected chi connectivity index (χ3v) is 1.96. The smallest absolute Gasteiger partial charge is 0.275 e. The molecule has 1 aromatic rings. The first kappa shape index (κ1) is 13.3. The minimum Gasteiger partial charge on any atom is -0.481 e. The van der Waals surface area contributed by atoms with Crippen LogP contribution in [-0.2, 0) is 4.74 Å². The van der Waals surface area contributed by atoms with E-state index in [1.165, 1.54) is 0 Å². The molecule has 1 unspecified atom stereocenters. The van der Waals surface area contributed by atoms with Crippen LogP contribution in [0.15, 0.2) is 18.1 Å². The number of hydrogen-bond acceptors (Lipinski definition) is 3. The van der Waals surface area contributed by atoms with Gasteiger partial charge in [0.15, 0.2) is 23.3 Å². The van der Waals surface area contributed by atoms with E-state index in [-0.39, 0.29) is 6.07 Å². The summed E-state index contributed by atoms with van der Waals surface area (Å²) < 4.78 is 55.6. The molecule has 0 aliphatic carbocycles. The van der Waals surface area contributed by atoms with Crippen molar-refractivity contribution in [2.45, 2.75) is 6.10 Å². The SMILES string of the molecule is CO/C(O)=C/C(O)c1cc(F)c(F)c(F)c1F. The van der Waals surface area contributed by atoms with Crippen molar-refractivity contribution in [3.05, 3.63) is 46.9 Å². The molecular formula is C10H8F4O3. The lowest BCUT2D eigenvalue weighted by Gasteiger charge is -2.09. The number of aliphatic hydroxyl groups is 2. The molecule has 0 aliphatic rings. The van der Waals surface area contributed by atoms with E-state index in [9.17, 15) is 22.7 Å². The topological polar surface area (TPSA) is 49.7 Å². The fourth-order valence-electron chi connectivity index (χ4n) is 1.10. The van der Waals surface area contributed by atoms with Gasteiger partial charge in [-0.25, -0.2) is 17.6 Å². The highest BCUT2D eigenvalue weighted by atomic mass is 19.2. The van der Waals surface area contributed by atoms with E-state index in [4.69, 9.17) is 5.11 Å². The maximum absolute atomic E-state index is 13.2. The molecule has 0 bridgehead atoms. The van der Waals surface area contributed by atoms with E-state index >= 15 is 0 Å². The Labute approximate surface area is 93.6 Å². The Morgan fingerprint density at radius 3 is 2.35 bits per heavy atom. The average Bonchev–Trinajstić information content (AvgIpc) is 2.30. The highest BCUT2D eigenvalue weighted by Gasteiger charge is 2.22. The van der Waals surface area contributed by atoms with Crippen LogP contribution in [0.1, 0.15) is 11.7 Å². The van der Waals surface area contributed by atoms with Crippen molar-refractivity contribution < 1.29 is 32.5 Å². The first-order chi connectivity index (χ1) is 7.88. The van der Waals surface area contributed by atoms with Gasteiger partial charge in [-0.2, -0.15) is 0 Å². The predicted molar refractivity (Wildman–Crippen MR) is 49.0 cm³/mol. The van der Waals surface area contributed by atoms with Gasteiger partial charge in [0.05, 0.1) is 7.11 Å². The molecule has 7 heteroatoms. The van der Waals surface area contributed by atoms with Gasteiger partial charge in [-0.3, -0.25) is 0 Å². The summed E-state index contributed by atoms with van der Waals surface area (Å²) in [6.45, 7) is 0. The van der Waals surface area contributed by atoms with Gasteiger partial charge >= 0.3 is 0 Å². The zero-order valence-corrected chi connectivity index (χ0v) is 8.55. The van der Waals surface area contributed by atoms with Crippen LogP contribution in [0.25, 0.3) is 0 Å². The number of hydrogen-bond donors (Lipinski definition) is 2. The lowest BCUT2D eigenvalue weighted by Crippen LogP contribution is -2.06. The lowest BCUT2D eigenvalue weighted by atomic mass is 10.1. The van der Waals surface area contributed by atoms with Gasteiger partial charge in [0.2, 0.25) is 0 Å². The van der Waals surface area contributed by atoms with E-state index in [2.05, 4.69) is 4.74 Å². The summed E-state index contributed by atoms with van der Waals surface area (Å²) in [6, 6.07) is 0.290. The van der Waals surface area contributed by atoms with Gasteiger partial charge in [-0.15, -0.1) is 0 Å². The first-order valence-corrected chi connectivity index (χ1v) is 4.34.